The minimum atomic E-state index is -1.23. The van der Waals surface area contributed by atoms with Crippen LogP contribution in [-0.4, -0.2) is 28.1 Å². The molecule has 1 aromatic rings. The summed E-state index contributed by atoms with van der Waals surface area (Å²) in [5.74, 6) is 0.589. The van der Waals surface area contributed by atoms with Crippen LogP contribution in [0.3, 0.4) is 0 Å². The number of carbonyl (C=O) groups is 1. The molecule has 0 bridgehead atoms. The van der Waals surface area contributed by atoms with Crippen molar-refractivity contribution in [1.82, 2.24) is 0 Å². The summed E-state index contributed by atoms with van der Waals surface area (Å²) >= 11 is 0. The molecule has 0 N–H and O–H groups in total. The van der Waals surface area contributed by atoms with Gasteiger partial charge in [-0.05, 0) is 74.8 Å². The fourth-order valence-electron chi connectivity index (χ4n) is 3.25. The molecule has 148 valence electrons. The van der Waals surface area contributed by atoms with E-state index < -0.39 is 11.0 Å². The van der Waals surface area contributed by atoms with Crippen LogP contribution < -0.4 is 4.90 Å². The maximum atomic E-state index is 12.2. The summed E-state index contributed by atoms with van der Waals surface area (Å²) in [5, 5.41) is 0. The van der Waals surface area contributed by atoms with Crippen molar-refractivity contribution in [3.05, 3.63) is 35.4 Å². The van der Waals surface area contributed by atoms with Crippen LogP contribution >= 0.6 is 0 Å². The molecule has 0 aromatic heterocycles. The molecular weight excluding hydrogens is 356 g/mol. The lowest BCUT2D eigenvalue weighted by Crippen LogP contribution is -2.31. The van der Waals surface area contributed by atoms with Gasteiger partial charge in [0, 0.05) is 25.4 Å². The van der Waals surface area contributed by atoms with Gasteiger partial charge >= 0.3 is 0 Å². The summed E-state index contributed by atoms with van der Waals surface area (Å²) < 4.78 is 16.1. The Morgan fingerprint density at radius 1 is 1.26 bits per heavy atom. The molecule has 0 fully saturated rings. The maximum absolute atomic E-state index is 12.2. The Kier molecular flexibility index (Phi) is 6.79. The number of benzene rings is 1. The van der Waals surface area contributed by atoms with E-state index in [1.807, 2.05) is 40.1 Å². The summed E-state index contributed by atoms with van der Waals surface area (Å²) in [6.45, 7) is 12.1. The highest BCUT2D eigenvalue weighted by atomic mass is 32.2. The van der Waals surface area contributed by atoms with Crippen LogP contribution in [-0.2, 0) is 22.2 Å². The van der Waals surface area contributed by atoms with Crippen molar-refractivity contribution in [3.63, 3.8) is 0 Å². The van der Waals surface area contributed by atoms with Gasteiger partial charge < -0.3 is 4.90 Å². The van der Waals surface area contributed by atoms with Gasteiger partial charge in [-0.15, -0.1) is 0 Å². The predicted octanol–water partition coefficient (Wildman–Crippen LogP) is 4.80. The number of carbonyl (C=O) groups excluding carboxylic acids is 1. The van der Waals surface area contributed by atoms with Crippen LogP contribution in [0.4, 0.5) is 5.69 Å². The molecule has 1 aliphatic heterocycles. The first-order valence-electron chi connectivity index (χ1n) is 9.58. The van der Waals surface area contributed by atoms with Crippen LogP contribution in [0.2, 0.25) is 0 Å². The third kappa shape index (κ3) is 4.95. The van der Waals surface area contributed by atoms with Crippen LogP contribution in [0, 0.1) is 11.8 Å². The number of aryl methyl sites for hydroxylation is 1. The highest BCUT2D eigenvalue weighted by molar-refractivity contribution is 7.85. The molecular formula is C22H32N2O2S. The second-order valence-electron chi connectivity index (χ2n) is 8.30. The van der Waals surface area contributed by atoms with Crippen molar-refractivity contribution in [2.75, 3.05) is 11.9 Å². The van der Waals surface area contributed by atoms with Gasteiger partial charge in [0.25, 0.3) is 0 Å². The molecule has 27 heavy (non-hydrogen) atoms. The first kappa shape index (κ1) is 21.5. The lowest BCUT2D eigenvalue weighted by Gasteiger charge is -2.27. The zero-order valence-electron chi connectivity index (χ0n) is 17.6. The van der Waals surface area contributed by atoms with Gasteiger partial charge in [0.15, 0.2) is 0 Å². The topological polar surface area (TPSA) is 49.7 Å². The van der Waals surface area contributed by atoms with Crippen molar-refractivity contribution < 1.29 is 9.00 Å². The Hall–Kier alpha value is -1.75. The number of amides is 1. The maximum Gasteiger partial charge on any atom is 0.227 e. The number of hydrogen-bond acceptors (Lipinski definition) is 2. The summed E-state index contributed by atoms with van der Waals surface area (Å²) in [6.07, 6.45) is 5.34. The van der Waals surface area contributed by atoms with E-state index in [-0.39, 0.29) is 22.5 Å². The number of hydrogen-bond donors (Lipinski definition) is 0. The fraction of sp³-hybridized carbons (Fsp3) is 0.545. The van der Waals surface area contributed by atoms with Gasteiger partial charge in [-0.25, -0.2) is 4.21 Å². The van der Waals surface area contributed by atoms with E-state index in [1.165, 1.54) is 16.7 Å². The fourth-order valence-corrected chi connectivity index (χ4v) is 3.87. The SMILES string of the molecule is CC=C(c1ccc2c(c1)CCC(=O)N2C)C(C)C(C)C=NS(=O)C(C)(C)C. The molecule has 0 saturated heterocycles. The number of fused-ring (bicyclic) bond motifs is 1. The molecule has 4 nitrogen and oxygen atoms in total. The lowest BCUT2D eigenvalue weighted by molar-refractivity contribution is -0.118. The quantitative estimate of drug-likeness (QED) is 0.680. The number of nitrogens with zero attached hydrogens (tertiary/aromatic N) is 2. The zero-order valence-corrected chi connectivity index (χ0v) is 18.4. The standard InChI is InChI=1S/C22H32N2O2S/c1-8-19(16(3)15(2)14-23-27(26)22(4,5)6)17-9-11-20-18(13-17)10-12-21(25)24(20)7/h8-9,11,13-16H,10,12H2,1-7H3. The van der Waals surface area contributed by atoms with E-state index in [1.54, 1.807) is 4.90 Å². The third-order valence-corrected chi connectivity index (χ3v) is 6.62. The van der Waals surface area contributed by atoms with Gasteiger partial charge in [0.05, 0.1) is 4.75 Å². The molecule has 3 unspecified atom stereocenters. The van der Waals surface area contributed by atoms with Crippen molar-refractivity contribution >= 4 is 34.4 Å². The second kappa shape index (κ2) is 8.51. The minimum Gasteiger partial charge on any atom is -0.315 e. The highest BCUT2D eigenvalue weighted by Crippen LogP contribution is 2.34. The van der Waals surface area contributed by atoms with Crippen LogP contribution in [0.25, 0.3) is 5.57 Å². The third-order valence-electron chi connectivity index (χ3n) is 5.26. The predicted molar refractivity (Wildman–Crippen MR) is 117 cm³/mol. The van der Waals surface area contributed by atoms with E-state index in [0.29, 0.717) is 6.42 Å². The summed E-state index contributed by atoms with van der Waals surface area (Å²) in [4.78, 5) is 13.7. The molecule has 1 heterocycles. The molecule has 0 aliphatic carbocycles. The Morgan fingerprint density at radius 3 is 2.52 bits per heavy atom. The van der Waals surface area contributed by atoms with Crippen LogP contribution in [0.15, 0.2) is 28.7 Å². The monoisotopic (exact) mass is 388 g/mol. The molecule has 3 atom stereocenters. The van der Waals surface area contributed by atoms with Crippen molar-refractivity contribution in [1.29, 1.82) is 0 Å². The number of allylic oxidation sites excluding steroid dienone is 2. The molecule has 0 saturated carbocycles. The highest BCUT2D eigenvalue weighted by Gasteiger charge is 2.23. The second-order valence-corrected chi connectivity index (χ2v) is 10.2. The largest absolute Gasteiger partial charge is 0.315 e. The van der Waals surface area contributed by atoms with Crippen molar-refractivity contribution in [2.45, 2.75) is 59.1 Å². The normalized spacial score (nSPS) is 19.1. The lowest BCUT2D eigenvalue weighted by atomic mass is 9.84. The molecule has 0 spiro atoms. The van der Waals surface area contributed by atoms with E-state index in [2.05, 4.69) is 43.4 Å². The number of anilines is 1. The smallest absolute Gasteiger partial charge is 0.227 e. The molecule has 1 amide bonds. The first-order valence-corrected chi connectivity index (χ1v) is 10.7. The van der Waals surface area contributed by atoms with Crippen molar-refractivity contribution in [3.8, 4) is 0 Å². The molecule has 1 aliphatic rings. The Morgan fingerprint density at radius 2 is 1.93 bits per heavy atom. The average Bonchev–Trinajstić information content (AvgIpc) is 2.62. The zero-order chi connectivity index (χ0) is 20.4. The van der Waals surface area contributed by atoms with Crippen LogP contribution in [0.5, 0.6) is 0 Å². The van der Waals surface area contributed by atoms with Gasteiger partial charge in [-0.2, -0.15) is 4.40 Å². The Balaban J connectivity index is 2.23. The number of rotatable bonds is 5. The summed E-state index contributed by atoms with van der Waals surface area (Å²) in [7, 11) is 0.610. The van der Waals surface area contributed by atoms with Gasteiger partial charge in [-0.3, -0.25) is 4.79 Å². The Labute approximate surface area is 166 Å². The van der Waals surface area contributed by atoms with Gasteiger partial charge in [-0.1, -0.05) is 26.0 Å². The molecule has 0 radical (unpaired) electrons. The molecule has 5 heteroatoms. The van der Waals surface area contributed by atoms with Crippen molar-refractivity contribution in [2.24, 2.45) is 16.2 Å². The first-order chi connectivity index (χ1) is 12.6. The van der Waals surface area contributed by atoms with Crippen LogP contribution in [0.1, 0.15) is 59.1 Å². The summed E-state index contributed by atoms with van der Waals surface area (Å²) in [5.41, 5.74) is 4.66. The van der Waals surface area contributed by atoms with E-state index >= 15 is 0 Å². The summed E-state index contributed by atoms with van der Waals surface area (Å²) in [6, 6.07) is 6.35. The average molecular weight is 389 g/mol. The molecule has 2 rings (SSSR count). The molecule has 1 aromatic carbocycles. The Bertz CT molecular complexity index is 790. The van der Waals surface area contributed by atoms with E-state index in [9.17, 15) is 9.00 Å². The van der Waals surface area contributed by atoms with E-state index in [4.69, 9.17) is 0 Å². The minimum absolute atomic E-state index is 0.169. The van der Waals surface area contributed by atoms with Gasteiger partial charge in [0.2, 0.25) is 5.91 Å². The van der Waals surface area contributed by atoms with Gasteiger partial charge in [0.1, 0.15) is 11.0 Å². The van der Waals surface area contributed by atoms with E-state index in [0.717, 1.165) is 12.1 Å².